The maximum atomic E-state index is 5.60. The van der Waals surface area contributed by atoms with Gasteiger partial charge in [0.05, 0.1) is 6.61 Å². The molecule has 0 spiro atoms. The molecule has 2 N–H and O–H groups in total. The lowest BCUT2D eigenvalue weighted by Gasteiger charge is -2.12. The molecule has 0 heterocycles. The Bertz CT molecular complexity index is 377. The third-order valence-corrected chi connectivity index (χ3v) is 2.63. The van der Waals surface area contributed by atoms with Crippen LogP contribution in [0, 0.1) is 0 Å². The van der Waals surface area contributed by atoms with Crippen molar-refractivity contribution in [3.63, 3.8) is 0 Å². The van der Waals surface area contributed by atoms with E-state index in [1.165, 1.54) is 11.1 Å². The van der Waals surface area contributed by atoms with E-state index in [4.69, 9.17) is 4.74 Å². The highest BCUT2D eigenvalue weighted by molar-refractivity contribution is 5.79. The normalized spacial score (nSPS) is 11.4. The predicted octanol–water partition coefficient (Wildman–Crippen LogP) is 1.91. The molecule has 0 aliphatic heterocycles. The molecule has 0 fully saturated rings. The van der Waals surface area contributed by atoms with Crippen LogP contribution in [-0.2, 0) is 17.9 Å². The van der Waals surface area contributed by atoms with E-state index in [2.05, 4.69) is 34.7 Å². The Hall–Kier alpha value is -1.55. The molecule has 1 aromatic carbocycles. The summed E-state index contributed by atoms with van der Waals surface area (Å²) >= 11 is 0. The van der Waals surface area contributed by atoms with Gasteiger partial charge in [-0.05, 0) is 17.5 Å². The topological polar surface area (TPSA) is 45.6 Å². The number of guanidine groups is 1. The van der Waals surface area contributed by atoms with Crippen molar-refractivity contribution in [2.45, 2.75) is 26.5 Å². The second kappa shape index (κ2) is 8.53. The standard InChI is InChI=1S/C14H23N3O/c1-4-9-18-11-13-8-6-5-7-12(13)10-17-14(15-2)16-3/h5-8H,4,9-11H2,1-3H3,(H2,15,16,17). The minimum Gasteiger partial charge on any atom is -0.377 e. The molecule has 1 rings (SSSR count). The van der Waals surface area contributed by atoms with Crippen LogP contribution in [0.2, 0.25) is 0 Å². The first-order valence-corrected chi connectivity index (χ1v) is 6.34. The summed E-state index contributed by atoms with van der Waals surface area (Å²) in [5, 5.41) is 6.25. The molecular weight excluding hydrogens is 226 g/mol. The van der Waals surface area contributed by atoms with Crippen molar-refractivity contribution in [1.82, 2.24) is 10.6 Å². The van der Waals surface area contributed by atoms with Gasteiger partial charge in [0.25, 0.3) is 0 Å². The molecule has 0 amide bonds. The first-order valence-electron chi connectivity index (χ1n) is 6.34. The van der Waals surface area contributed by atoms with Crippen LogP contribution in [-0.4, -0.2) is 26.7 Å². The highest BCUT2D eigenvalue weighted by Crippen LogP contribution is 2.10. The van der Waals surface area contributed by atoms with E-state index in [9.17, 15) is 0 Å². The number of hydrogen-bond donors (Lipinski definition) is 2. The van der Waals surface area contributed by atoms with Gasteiger partial charge in [0, 0.05) is 27.2 Å². The van der Waals surface area contributed by atoms with Gasteiger partial charge in [-0.2, -0.15) is 0 Å². The number of hydrogen-bond acceptors (Lipinski definition) is 2. The minimum absolute atomic E-state index is 0.670. The quantitative estimate of drug-likeness (QED) is 0.460. The summed E-state index contributed by atoms with van der Waals surface area (Å²) in [7, 11) is 3.61. The number of nitrogens with zero attached hydrogens (tertiary/aromatic N) is 1. The smallest absolute Gasteiger partial charge is 0.190 e. The van der Waals surface area contributed by atoms with E-state index in [0.717, 1.165) is 25.5 Å². The van der Waals surface area contributed by atoms with Gasteiger partial charge in [0.2, 0.25) is 0 Å². The highest BCUT2D eigenvalue weighted by Gasteiger charge is 2.02. The van der Waals surface area contributed by atoms with Crippen LogP contribution in [0.25, 0.3) is 0 Å². The van der Waals surface area contributed by atoms with Gasteiger partial charge in [-0.15, -0.1) is 0 Å². The lowest BCUT2D eigenvalue weighted by Crippen LogP contribution is -2.34. The molecule has 100 valence electrons. The van der Waals surface area contributed by atoms with Gasteiger partial charge in [0.15, 0.2) is 5.96 Å². The number of nitrogens with one attached hydrogen (secondary N) is 2. The molecule has 0 radical (unpaired) electrons. The number of ether oxygens (including phenoxy) is 1. The van der Waals surface area contributed by atoms with Crippen LogP contribution < -0.4 is 10.6 Å². The van der Waals surface area contributed by atoms with Crippen LogP contribution in [0.3, 0.4) is 0 Å². The Balaban J connectivity index is 2.58. The van der Waals surface area contributed by atoms with Gasteiger partial charge < -0.3 is 15.4 Å². The summed E-state index contributed by atoms with van der Waals surface area (Å²) in [5.74, 6) is 0.791. The van der Waals surface area contributed by atoms with Crippen molar-refractivity contribution in [2.75, 3.05) is 20.7 Å². The van der Waals surface area contributed by atoms with Gasteiger partial charge >= 0.3 is 0 Å². The summed E-state index contributed by atoms with van der Waals surface area (Å²) in [5.41, 5.74) is 2.47. The Labute approximate surface area is 109 Å². The van der Waals surface area contributed by atoms with Gasteiger partial charge in [-0.3, -0.25) is 4.99 Å². The summed E-state index contributed by atoms with van der Waals surface area (Å²) < 4.78 is 5.60. The zero-order valence-corrected chi connectivity index (χ0v) is 11.5. The molecule has 0 saturated heterocycles. The van der Waals surface area contributed by atoms with E-state index < -0.39 is 0 Å². The van der Waals surface area contributed by atoms with Crippen LogP contribution in [0.1, 0.15) is 24.5 Å². The molecular formula is C14H23N3O. The molecule has 0 unspecified atom stereocenters. The maximum absolute atomic E-state index is 5.60. The van der Waals surface area contributed by atoms with Crippen molar-refractivity contribution >= 4 is 5.96 Å². The Kier molecular flexibility index (Phi) is 6.87. The van der Waals surface area contributed by atoms with E-state index >= 15 is 0 Å². The van der Waals surface area contributed by atoms with E-state index in [1.54, 1.807) is 7.05 Å². The number of aliphatic imine (C=N–C) groups is 1. The van der Waals surface area contributed by atoms with Crippen molar-refractivity contribution in [1.29, 1.82) is 0 Å². The summed E-state index contributed by atoms with van der Waals surface area (Å²) in [6, 6.07) is 8.30. The van der Waals surface area contributed by atoms with Crippen molar-refractivity contribution in [2.24, 2.45) is 4.99 Å². The Morgan fingerprint density at radius 1 is 1.28 bits per heavy atom. The monoisotopic (exact) mass is 249 g/mol. The molecule has 0 saturated carbocycles. The molecule has 4 nitrogen and oxygen atoms in total. The van der Waals surface area contributed by atoms with E-state index in [1.807, 2.05) is 19.2 Å². The average molecular weight is 249 g/mol. The van der Waals surface area contributed by atoms with E-state index in [0.29, 0.717) is 6.61 Å². The van der Waals surface area contributed by atoms with Crippen LogP contribution in [0.5, 0.6) is 0 Å². The third-order valence-electron chi connectivity index (χ3n) is 2.63. The fraction of sp³-hybridized carbons (Fsp3) is 0.500. The fourth-order valence-corrected chi connectivity index (χ4v) is 1.66. The molecule has 0 aliphatic carbocycles. The molecule has 4 heteroatoms. The first kappa shape index (κ1) is 14.5. The van der Waals surface area contributed by atoms with Crippen LogP contribution in [0.4, 0.5) is 0 Å². The minimum atomic E-state index is 0.670. The third kappa shape index (κ3) is 4.75. The second-order valence-corrected chi connectivity index (χ2v) is 4.00. The zero-order valence-electron chi connectivity index (χ0n) is 11.5. The lowest BCUT2D eigenvalue weighted by atomic mass is 10.1. The van der Waals surface area contributed by atoms with Crippen molar-refractivity contribution in [3.8, 4) is 0 Å². The number of rotatable bonds is 6. The second-order valence-electron chi connectivity index (χ2n) is 4.00. The average Bonchev–Trinajstić information content (AvgIpc) is 2.41. The van der Waals surface area contributed by atoms with Crippen LogP contribution >= 0.6 is 0 Å². The fourth-order valence-electron chi connectivity index (χ4n) is 1.66. The summed E-state index contributed by atoms with van der Waals surface area (Å²) in [6.45, 7) is 4.34. The van der Waals surface area contributed by atoms with Gasteiger partial charge in [0.1, 0.15) is 0 Å². The molecule has 0 aromatic heterocycles. The van der Waals surface area contributed by atoms with E-state index in [-0.39, 0.29) is 0 Å². The maximum Gasteiger partial charge on any atom is 0.190 e. The Morgan fingerprint density at radius 3 is 2.61 bits per heavy atom. The summed E-state index contributed by atoms with van der Waals surface area (Å²) in [6.07, 6.45) is 1.05. The van der Waals surface area contributed by atoms with Gasteiger partial charge in [-0.25, -0.2) is 0 Å². The molecule has 1 aromatic rings. The van der Waals surface area contributed by atoms with Crippen LogP contribution in [0.15, 0.2) is 29.3 Å². The molecule has 0 aliphatic rings. The number of benzene rings is 1. The van der Waals surface area contributed by atoms with Crippen molar-refractivity contribution < 1.29 is 4.74 Å². The Morgan fingerprint density at radius 2 is 2.00 bits per heavy atom. The van der Waals surface area contributed by atoms with Crippen molar-refractivity contribution in [3.05, 3.63) is 35.4 Å². The SMILES string of the molecule is CCCOCc1ccccc1CNC(=NC)NC. The zero-order chi connectivity index (χ0) is 13.2. The van der Waals surface area contributed by atoms with Gasteiger partial charge in [-0.1, -0.05) is 31.2 Å². The molecule has 0 atom stereocenters. The summed E-state index contributed by atoms with van der Waals surface area (Å²) in [4.78, 5) is 4.09. The highest BCUT2D eigenvalue weighted by atomic mass is 16.5. The lowest BCUT2D eigenvalue weighted by molar-refractivity contribution is 0.121. The molecule has 0 bridgehead atoms. The molecule has 18 heavy (non-hydrogen) atoms. The first-order chi connectivity index (χ1) is 8.81. The largest absolute Gasteiger partial charge is 0.377 e. The predicted molar refractivity (Wildman–Crippen MR) is 75.6 cm³/mol.